The molecule has 0 saturated heterocycles. The molecule has 16 heavy (non-hydrogen) atoms. The fourth-order valence-electron chi connectivity index (χ4n) is 2.06. The van der Waals surface area contributed by atoms with E-state index in [0.29, 0.717) is 11.7 Å². The molecule has 0 bridgehead atoms. The molecule has 1 aliphatic rings. The molecule has 0 heterocycles. The molecule has 1 saturated carbocycles. The minimum atomic E-state index is -3.01. The molecule has 4 nitrogen and oxygen atoms in total. The first kappa shape index (κ1) is 14.1. The number of hydrogen-bond acceptors (Lipinski definition) is 4. The standard InChI is InChI=1S/C10H21NO3S2/c1-16(13,14)7-6-15(12)8-10(11)9-4-2-3-5-9/h9-10H,2-8,11H2,1H3. The van der Waals surface area contributed by atoms with Crippen LogP contribution >= 0.6 is 0 Å². The first-order valence-corrected chi connectivity index (χ1v) is 9.21. The highest BCUT2D eigenvalue weighted by atomic mass is 32.2. The van der Waals surface area contributed by atoms with Gasteiger partial charge in [-0.1, -0.05) is 12.8 Å². The van der Waals surface area contributed by atoms with Gasteiger partial charge in [0.1, 0.15) is 9.84 Å². The molecule has 2 atom stereocenters. The lowest BCUT2D eigenvalue weighted by atomic mass is 10.0. The summed E-state index contributed by atoms with van der Waals surface area (Å²) >= 11 is 0. The maximum Gasteiger partial charge on any atom is 0.148 e. The summed E-state index contributed by atoms with van der Waals surface area (Å²) in [5.41, 5.74) is 5.98. The van der Waals surface area contributed by atoms with Gasteiger partial charge >= 0.3 is 0 Å². The van der Waals surface area contributed by atoms with E-state index in [4.69, 9.17) is 5.73 Å². The molecule has 0 aliphatic heterocycles. The molecule has 0 aromatic heterocycles. The van der Waals surface area contributed by atoms with E-state index < -0.39 is 20.6 Å². The summed E-state index contributed by atoms with van der Waals surface area (Å²) in [4.78, 5) is 0. The molecule has 0 amide bonds. The zero-order valence-electron chi connectivity index (χ0n) is 9.72. The van der Waals surface area contributed by atoms with Crippen LogP contribution in [0.25, 0.3) is 0 Å². The van der Waals surface area contributed by atoms with Gasteiger partial charge in [-0.05, 0) is 18.8 Å². The summed E-state index contributed by atoms with van der Waals surface area (Å²) in [6.45, 7) is 0. The van der Waals surface area contributed by atoms with Crippen molar-refractivity contribution in [1.29, 1.82) is 0 Å². The van der Waals surface area contributed by atoms with Crippen molar-refractivity contribution in [3.8, 4) is 0 Å². The average Bonchev–Trinajstić information content (AvgIpc) is 2.66. The van der Waals surface area contributed by atoms with E-state index in [-0.39, 0.29) is 17.5 Å². The fourth-order valence-corrected chi connectivity index (χ4v) is 4.89. The normalized spacial score (nSPS) is 22.1. The Labute approximate surface area is 100 Å². The SMILES string of the molecule is CS(=O)(=O)CCS(=O)CC(N)C1CCCC1. The molecule has 1 fully saturated rings. The summed E-state index contributed by atoms with van der Waals surface area (Å²) in [6, 6.07) is -0.0251. The van der Waals surface area contributed by atoms with Crippen LogP contribution < -0.4 is 5.73 Å². The quantitative estimate of drug-likeness (QED) is 0.751. The predicted molar refractivity (Wildman–Crippen MR) is 67.5 cm³/mol. The van der Waals surface area contributed by atoms with Gasteiger partial charge in [-0.15, -0.1) is 0 Å². The highest BCUT2D eigenvalue weighted by molar-refractivity contribution is 7.92. The lowest BCUT2D eigenvalue weighted by molar-refractivity contribution is 0.460. The maximum absolute atomic E-state index is 11.6. The van der Waals surface area contributed by atoms with Crippen LogP contribution in [0.5, 0.6) is 0 Å². The van der Waals surface area contributed by atoms with Crippen LogP contribution in [0.1, 0.15) is 25.7 Å². The number of rotatable bonds is 6. The molecule has 2 N–H and O–H groups in total. The lowest BCUT2D eigenvalue weighted by Gasteiger charge is -2.17. The third-order valence-corrected chi connectivity index (χ3v) is 5.69. The molecule has 1 aliphatic carbocycles. The first-order chi connectivity index (χ1) is 7.38. The summed E-state index contributed by atoms with van der Waals surface area (Å²) in [7, 11) is -4.10. The van der Waals surface area contributed by atoms with Crippen molar-refractivity contribution >= 4 is 20.6 Å². The van der Waals surface area contributed by atoms with Gasteiger partial charge in [-0.25, -0.2) is 8.42 Å². The lowest BCUT2D eigenvalue weighted by Crippen LogP contribution is -2.35. The summed E-state index contributed by atoms with van der Waals surface area (Å²) in [6.07, 6.45) is 5.86. The first-order valence-electron chi connectivity index (χ1n) is 5.67. The van der Waals surface area contributed by atoms with Crippen molar-refractivity contribution in [2.24, 2.45) is 11.7 Å². The molecular formula is C10H21NO3S2. The van der Waals surface area contributed by atoms with Gasteiger partial charge < -0.3 is 5.73 Å². The van der Waals surface area contributed by atoms with Crippen molar-refractivity contribution in [2.45, 2.75) is 31.7 Å². The van der Waals surface area contributed by atoms with Crippen molar-refractivity contribution < 1.29 is 12.6 Å². The zero-order valence-corrected chi connectivity index (χ0v) is 11.4. The minimum Gasteiger partial charge on any atom is -0.327 e. The van der Waals surface area contributed by atoms with E-state index in [0.717, 1.165) is 12.8 Å². The minimum absolute atomic E-state index is 0.00298. The molecule has 0 radical (unpaired) electrons. The number of sulfone groups is 1. The van der Waals surface area contributed by atoms with E-state index in [1.807, 2.05) is 0 Å². The Bertz CT molecular complexity index is 334. The average molecular weight is 267 g/mol. The Hall–Kier alpha value is 0.0600. The highest BCUT2D eigenvalue weighted by Crippen LogP contribution is 2.27. The summed E-state index contributed by atoms with van der Waals surface area (Å²) in [5, 5.41) is 0. The Morgan fingerprint density at radius 1 is 1.38 bits per heavy atom. The van der Waals surface area contributed by atoms with Crippen molar-refractivity contribution in [1.82, 2.24) is 0 Å². The molecule has 0 spiro atoms. The second kappa shape index (κ2) is 6.12. The topological polar surface area (TPSA) is 77.2 Å². The van der Waals surface area contributed by atoms with Gasteiger partial charge in [-0.2, -0.15) is 0 Å². The van der Waals surface area contributed by atoms with Crippen molar-refractivity contribution in [2.75, 3.05) is 23.5 Å². The smallest absolute Gasteiger partial charge is 0.148 e. The van der Waals surface area contributed by atoms with Gasteiger partial charge in [-0.3, -0.25) is 4.21 Å². The van der Waals surface area contributed by atoms with E-state index in [9.17, 15) is 12.6 Å². The monoisotopic (exact) mass is 267 g/mol. The largest absolute Gasteiger partial charge is 0.327 e. The maximum atomic E-state index is 11.6. The second-order valence-corrected chi connectivity index (χ2v) is 8.53. The fraction of sp³-hybridized carbons (Fsp3) is 1.00. The third-order valence-electron chi connectivity index (χ3n) is 3.07. The Morgan fingerprint density at radius 2 is 1.94 bits per heavy atom. The number of hydrogen-bond donors (Lipinski definition) is 1. The molecule has 0 aromatic rings. The summed E-state index contributed by atoms with van der Waals surface area (Å²) in [5.74, 6) is 1.15. The van der Waals surface area contributed by atoms with Crippen LogP contribution in [0.3, 0.4) is 0 Å². The third kappa shape index (κ3) is 5.41. The van der Waals surface area contributed by atoms with Gasteiger partial charge in [0.25, 0.3) is 0 Å². The van der Waals surface area contributed by atoms with Crippen molar-refractivity contribution in [3.63, 3.8) is 0 Å². The summed E-state index contributed by atoms with van der Waals surface area (Å²) < 4.78 is 33.4. The molecule has 2 unspecified atom stereocenters. The highest BCUT2D eigenvalue weighted by Gasteiger charge is 2.23. The van der Waals surface area contributed by atoms with Crippen LogP contribution in [0.4, 0.5) is 0 Å². The van der Waals surface area contributed by atoms with Crippen LogP contribution in [0, 0.1) is 5.92 Å². The molecule has 6 heteroatoms. The van der Waals surface area contributed by atoms with Gasteiger partial charge in [0.2, 0.25) is 0 Å². The zero-order chi connectivity index (χ0) is 12.2. The molecular weight excluding hydrogens is 246 g/mol. The van der Waals surface area contributed by atoms with Crippen LogP contribution in [-0.2, 0) is 20.6 Å². The van der Waals surface area contributed by atoms with E-state index >= 15 is 0 Å². The Kier molecular flexibility index (Phi) is 5.40. The van der Waals surface area contributed by atoms with Gasteiger partial charge in [0.05, 0.1) is 5.75 Å². The number of nitrogens with two attached hydrogens (primary N) is 1. The van der Waals surface area contributed by atoms with Crippen LogP contribution in [0.2, 0.25) is 0 Å². The molecule has 1 rings (SSSR count). The van der Waals surface area contributed by atoms with E-state index in [1.54, 1.807) is 0 Å². The predicted octanol–water partition coefficient (Wildman–Crippen LogP) is 0.297. The van der Waals surface area contributed by atoms with Gasteiger partial charge in [0.15, 0.2) is 0 Å². The van der Waals surface area contributed by atoms with Crippen LogP contribution in [-0.4, -0.2) is 42.2 Å². The van der Waals surface area contributed by atoms with Crippen molar-refractivity contribution in [3.05, 3.63) is 0 Å². The molecule has 0 aromatic carbocycles. The Balaban J connectivity index is 2.28. The van der Waals surface area contributed by atoms with Crippen LogP contribution in [0.15, 0.2) is 0 Å². The Morgan fingerprint density at radius 3 is 2.44 bits per heavy atom. The second-order valence-electron chi connectivity index (χ2n) is 4.65. The van der Waals surface area contributed by atoms with E-state index in [1.165, 1.54) is 19.1 Å². The van der Waals surface area contributed by atoms with E-state index in [2.05, 4.69) is 0 Å². The van der Waals surface area contributed by atoms with Gasteiger partial charge in [0, 0.05) is 34.6 Å². The molecule has 96 valence electrons.